The Labute approximate surface area is 130 Å². The molecule has 1 aliphatic rings. The molecule has 22 heavy (non-hydrogen) atoms. The van der Waals surface area contributed by atoms with Gasteiger partial charge in [-0.05, 0) is 37.0 Å². The Morgan fingerprint density at radius 3 is 2.86 bits per heavy atom. The highest BCUT2D eigenvalue weighted by Crippen LogP contribution is 2.22. The molecule has 1 unspecified atom stereocenters. The molecular formula is C15H21NO5S. The molecular weight excluding hydrogens is 306 g/mol. The van der Waals surface area contributed by atoms with E-state index in [9.17, 15) is 13.2 Å². The van der Waals surface area contributed by atoms with Crippen molar-refractivity contribution >= 4 is 21.7 Å². The largest absolute Gasteiger partial charge is 0.481 e. The number of hydrogen-bond donors (Lipinski definition) is 1. The fourth-order valence-electron chi connectivity index (χ4n) is 2.44. The molecule has 1 N–H and O–H groups in total. The third-order valence-corrected chi connectivity index (χ3v) is 5.58. The number of aryl methyl sites for hydroxylation is 1. The number of anilines is 1. The fraction of sp³-hybridized carbons (Fsp3) is 0.533. The highest BCUT2D eigenvalue weighted by Gasteiger charge is 2.26. The van der Waals surface area contributed by atoms with E-state index < -0.39 is 16.0 Å². The summed E-state index contributed by atoms with van der Waals surface area (Å²) in [4.78, 5) is 10.6. The molecule has 0 spiro atoms. The van der Waals surface area contributed by atoms with E-state index in [1.54, 1.807) is 24.3 Å². The normalized spacial score (nSPS) is 18.3. The summed E-state index contributed by atoms with van der Waals surface area (Å²) < 4.78 is 31.5. The average Bonchev–Trinajstić information content (AvgIpc) is 2.96. The first kappa shape index (κ1) is 16.8. The molecule has 1 aliphatic heterocycles. The van der Waals surface area contributed by atoms with Crippen LogP contribution in [0.4, 0.5) is 5.69 Å². The maximum atomic E-state index is 12.4. The SMILES string of the molecule is CN(c1cccc(CCC(=O)O)c1)S(=O)(=O)CC1CCCO1. The summed E-state index contributed by atoms with van der Waals surface area (Å²) in [6, 6.07) is 6.96. The molecule has 0 aromatic heterocycles. The van der Waals surface area contributed by atoms with Crippen LogP contribution in [-0.2, 0) is 26.0 Å². The summed E-state index contributed by atoms with van der Waals surface area (Å²) >= 11 is 0. The number of rotatable bonds is 7. The summed E-state index contributed by atoms with van der Waals surface area (Å²) in [6.45, 7) is 0.620. The molecule has 1 atom stereocenters. The summed E-state index contributed by atoms with van der Waals surface area (Å²) in [6.07, 6.45) is 1.83. The molecule has 0 amide bonds. The lowest BCUT2D eigenvalue weighted by molar-refractivity contribution is -0.136. The minimum absolute atomic E-state index is 0.0236. The van der Waals surface area contributed by atoms with Gasteiger partial charge in [0.05, 0.1) is 17.5 Å². The van der Waals surface area contributed by atoms with Crippen molar-refractivity contribution in [1.29, 1.82) is 0 Å². The number of carboxylic acid groups (broad SMARTS) is 1. The number of carbonyl (C=O) groups is 1. The number of benzene rings is 1. The molecule has 0 bridgehead atoms. The molecule has 0 aliphatic carbocycles. The Morgan fingerprint density at radius 1 is 1.45 bits per heavy atom. The van der Waals surface area contributed by atoms with Gasteiger partial charge in [-0.15, -0.1) is 0 Å². The zero-order chi connectivity index (χ0) is 16.2. The Kier molecular flexibility index (Phi) is 5.42. The number of sulfonamides is 1. The van der Waals surface area contributed by atoms with Crippen molar-refractivity contribution in [2.24, 2.45) is 0 Å². The first-order valence-corrected chi connectivity index (χ1v) is 8.88. The van der Waals surface area contributed by atoms with E-state index in [2.05, 4.69) is 0 Å². The van der Waals surface area contributed by atoms with Crippen LogP contribution in [0.3, 0.4) is 0 Å². The van der Waals surface area contributed by atoms with Gasteiger partial charge in [-0.25, -0.2) is 8.42 Å². The Bertz CT molecular complexity index is 623. The van der Waals surface area contributed by atoms with Crippen molar-refractivity contribution in [3.8, 4) is 0 Å². The maximum Gasteiger partial charge on any atom is 0.303 e. The maximum absolute atomic E-state index is 12.4. The van der Waals surface area contributed by atoms with Crippen molar-refractivity contribution in [2.75, 3.05) is 23.7 Å². The lowest BCUT2D eigenvalue weighted by atomic mass is 10.1. The monoisotopic (exact) mass is 327 g/mol. The fourth-order valence-corrected chi connectivity index (χ4v) is 3.83. The molecule has 0 saturated carbocycles. The van der Waals surface area contributed by atoms with E-state index in [1.807, 2.05) is 0 Å². The van der Waals surface area contributed by atoms with Gasteiger partial charge in [-0.2, -0.15) is 0 Å². The van der Waals surface area contributed by atoms with Crippen molar-refractivity contribution in [2.45, 2.75) is 31.8 Å². The lowest BCUT2D eigenvalue weighted by Crippen LogP contribution is -2.33. The second kappa shape index (κ2) is 7.11. The van der Waals surface area contributed by atoms with Crippen LogP contribution in [0.2, 0.25) is 0 Å². The quantitative estimate of drug-likeness (QED) is 0.823. The van der Waals surface area contributed by atoms with Crippen LogP contribution in [-0.4, -0.2) is 45.0 Å². The van der Waals surface area contributed by atoms with Gasteiger partial charge in [-0.3, -0.25) is 9.10 Å². The minimum Gasteiger partial charge on any atom is -0.481 e. The Hall–Kier alpha value is -1.60. The first-order valence-electron chi connectivity index (χ1n) is 7.27. The standard InChI is InChI=1S/C15H21NO5S/c1-16(22(19,20)11-14-6-3-9-21-14)13-5-2-4-12(10-13)7-8-15(17)18/h2,4-5,10,14H,3,6-9,11H2,1H3,(H,17,18). The van der Waals surface area contributed by atoms with Gasteiger partial charge in [0.2, 0.25) is 10.0 Å². The second-order valence-corrected chi connectivity index (χ2v) is 7.49. The van der Waals surface area contributed by atoms with Crippen LogP contribution in [0.5, 0.6) is 0 Å². The van der Waals surface area contributed by atoms with E-state index in [-0.39, 0.29) is 18.3 Å². The van der Waals surface area contributed by atoms with Gasteiger partial charge < -0.3 is 9.84 Å². The zero-order valence-electron chi connectivity index (χ0n) is 12.6. The molecule has 1 heterocycles. The van der Waals surface area contributed by atoms with E-state index in [0.717, 1.165) is 18.4 Å². The molecule has 122 valence electrons. The lowest BCUT2D eigenvalue weighted by Gasteiger charge is -2.22. The van der Waals surface area contributed by atoms with Crippen LogP contribution in [0.25, 0.3) is 0 Å². The van der Waals surface area contributed by atoms with Gasteiger partial charge in [0.25, 0.3) is 0 Å². The van der Waals surface area contributed by atoms with E-state index >= 15 is 0 Å². The third-order valence-electron chi connectivity index (χ3n) is 3.74. The third kappa shape index (κ3) is 4.45. The molecule has 7 heteroatoms. The Morgan fingerprint density at radius 2 is 2.23 bits per heavy atom. The summed E-state index contributed by atoms with van der Waals surface area (Å²) in [5.74, 6) is -0.896. The number of nitrogens with zero attached hydrogens (tertiary/aromatic N) is 1. The van der Waals surface area contributed by atoms with Crippen LogP contribution < -0.4 is 4.31 Å². The van der Waals surface area contributed by atoms with E-state index in [0.29, 0.717) is 18.7 Å². The van der Waals surface area contributed by atoms with Gasteiger partial charge in [0.1, 0.15) is 0 Å². The second-order valence-electron chi connectivity index (χ2n) is 5.44. The van der Waals surface area contributed by atoms with Crippen molar-refractivity contribution in [1.82, 2.24) is 0 Å². The van der Waals surface area contributed by atoms with Crippen LogP contribution in [0, 0.1) is 0 Å². The summed E-state index contributed by atoms with van der Waals surface area (Å²) in [7, 11) is -1.94. The number of aliphatic carboxylic acids is 1. The van der Waals surface area contributed by atoms with Crippen LogP contribution in [0.1, 0.15) is 24.8 Å². The van der Waals surface area contributed by atoms with E-state index in [4.69, 9.17) is 9.84 Å². The minimum atomic E-state index is -3.45. The first-order chi connectivity index (χ1) is 10.4. The molecule has 1 aromatic carbocycles. The number of hydrogen-bond acceptors (Lipinski definition) is 4. The van der Waals surface area contributed by atoms with Crippen molar-refractivity contribution in [3.05, 3.63) is 29.8 Å². The molecule has 1 aromatic rings. The highest BCUT2D eigenvalue weighted by molar-refractivity contribution is 7.92. The van der Waals surface area contributed by atoms with Crippen molar-refractivity contribution in [3.63, 3.8) is 0 Å². The summed E-state index contributed by atoms with van der Waals surface area (Å²) in [5, 5.41) is 8.72. The number of ether oxygens (including phenoxy) is 1. The summed E-state index contributed by atoms with van der Waals surface area (Å²) in [5.41, 5.74) is 1.35. The zero-order valence-corrected chi connectivity index (χ0v) is 13.4. The predicted molar refractivity (Wildman–Crippen MR) is 83.6 cm³/mol. The molecule has 2 rings (SSSR count). The molecule has 1 saturated heterocycles. The van der Waals surface area contributed by atoms with E-state index in [1.165, 1.54) is 11.4 Å². The van der Waals surface area contributed by atoms with Crippen LogP contribution in [0.15, 0.2) is 24.3 Å². The van der Waals surface area contributed by atoms with Gasteiger partial charge in [0, 0.05) is 20.1 Å². The predicted octanol–water partition coefficient (Wildman–Crippen LogP) is 1.65. The highest BCUT2D eigenvalue weighted by atomic mass is 32.2. The van der Waals surface area contributed by atoms with Crippen LogP contribution >= 0.6 is 0 Å². The topological polar surface area (TPSA) is 83.9 Å². The smallest absolute Gasteiger partial charge is 0.303 e. The van der Waals surface area contributed by atoms with Crippen molar-refractivity contribution < 1.29 is 23.1 Å². The Balaban J connectivity index is 2.08. The number of carboxylic acids is 1. The average molecular weight is 327 g/mol. The van der Waals surface area contributed by atoms with Gasteiger partial charge in [0.15, 0.2) is 0 Å². The molecule has 1 fully saturated rings. The molecule has 0 radical (unpaired) electrons. The van der Waals surface area contributed by atoms with Gasteiger partial charge in [-0.1, -0.05) is 12.1 Å². The molecule has 6 nitrogen and oxygen atoms in total. The van der Waals surface area contributed by atoms with Gasteiger partial charge >= 0.3 is 5.97 Å².